The van der Waals surface area contributed by atoms with Gasteiger partial charge in [-0.05, 0) is 61.7 Å². The number of nitrogens with one attached hydrogen (secondary N) is 2. The van der Waals surface area contributed by atoms with Gasteiger partial charge in [0.05, 0.1) is 11.0 Å². The molecule has 0 aliphatic carbocycles. The number of carbonyl (C=O) groups is 1. The summed E-state index contributed by atoms with van der Waals surface area (Å²) in [5.41, 5.74) is 0.876. The Hall–Kier alpha value is -2.93. The molecule has 1 aromatic carbocycles. The Labute approximate surface area is 149 Å². The second-order valence-corrected chi connectivity index (χ2v) is 6.50. The molecule has 2 N–H and O–H groups in total. The number of rotatable bonds is 6. The molecule has 0 fully saturated rings. The van der Waals surface area contributed by atoms with Gasteiger partial charge in [-0.15, -0.1) is 21.5 Å². The molecule has 0 spiro atoms. The zero-order valence-corrected chi connectivity index (χ0v) is 14.7. The maximum atomic E-state index is 12.0. The van der Waals surface area contributed by atoms with Gasteiger partial charge in [0.1, 0.15) is 5.75 Å². The van der Waals surface area contributed by atoms with Crippen molar-refractivity contribution in [3.8, 4) is 5.75 Å². The smallest absolute Gasteiger partial charge is 0.266 e. The molecule has 1 amide bonds. The van der Waals surface area contributed by atoms with E-state index in [1.807, 2.05) is 49.6 Å². The molecule has 0 aliphatic heterocycles. The zero-order valence-electron chi connectivity index (χ0n) is 13.9. The highest BCUT2D eigenvalue weighted by atomic mass is 32.1. The minimum Gasteiger partial charge on any atom is -0.491 e. The number of ether oxygens (including phenoxy) is 1. The van der Waals surface area contributed by atoms with Crippen LogP contribution in [-0.2, 0) is 0 Å². The highest BCUT2D eigenvalue weighted by molar-refractivity contribution is 7.12. The molecule has 25 heavy (non-hydrogen) atoms. The number of carbonyl (C=O) groups excluding carboxylic acids is 1. The summed E-state index contributed by atoms with van der Waals surface area (Å²) in [5, 5.41) is 15.8. The van der Waals surface area contributed by atoms with Gasteiger partial charge in [-0.1, -0.05) is 6.07 Å². The maximum absolute atomic E-state index is 12.0. The molecule has 3 rings (SSSR count). The van der Waals surface area contributed by atoms with E-state index in [1.165, 1.54) is 11.3 Å². The fourth-order valence-corrected chi connectivity index (χ4v) is 2.71. The van der Waals surface area contributed by atoms with Gasteiger partial charge >= 0.3 is 0 Å². The Kier molecular flexibility index (Phi) is 5.25. The monoisotopic (exact) mass is 354 g/mol. The number of anilines is 3. The van der Waals surface area contributed by atoms with E-state index in [-0.39, 0.29) is 12.0 Å². The molecule has 0 radical (unpaired) electrons. The number of hydrogen-bond acceptors (Lipinski definition) is 6. The van der Waals surface area contributed by atoms with Gasteiger partial charge in [0, 0.05) is 5.69 Å². The van der Waals surface area contributed by atoms with Crippen molar-refractivity contribution < 1.29 is 9.53 Å². The van der Waals surface area contributed by atoms with Crippen LogP contribution in [0, 0.1) is 0 Å². The van der Waals surface area contributed by atoms with Gasteiger partial charge < -0.3 is 15.4 Å². The highest BCUT2D eigenvalue weighted by Gasteiger charge is 2.08. The molecule has 0 aliphatic rings. The lowest BCUT2D eigenvalue weighted by Gasteiger charge is -2.10. The SMILES string of the molecule is CC(C)Oc1ccc(Nc2ccc(NC(=O)c3cccs3)nn2)cc1. The van der Waals surface area contributed by atoms with Gasteiger partial charge in [0.2, 0.25) is 0 Å². The summed E-state index contributed by atoms with van der Waals surface area (Å²) in [7, 11) is 0. The summed E-state index contributed by atoms with van der Waals surface area (Å²) in [5.74, 6) is 1.63. The van der Waals surface area contributed by atoms with E-state index in [0.29, 0.717) is 16.5 Å². The van der Waals surface area contributed by atoms with Crippen LogP contribution < -0.4 is 15.4 Å². The lowest BCUT2D eigenvalue weighted by Crippen LogP contribution is -2.12. The summed E-state index contributed by atoms with van der Waals surface area (Å²) >= 11 is 1.38. The van der Waals surface area contributed by atoms with Crippen molar-refractivity contribution in [3.63, 3.8) is 0 Å². The molecule has 0 saturated heterocycles. The van der Waals surface area contributed by atoms with Crippen molar-refractivity contribution in [2.45, 2.75) is 20.0 Å². The van der Waals surface area contributed by atoms with E-state index in [4.69, 9.17) is 4.74 Å². The van der Waals surface area contributed by atoms with Gasteiger partial charge in [0.15, 0.2) is 11.6 Å². The number of benzene rings is 1. The average Bonchev–Trinajstić information content (AvgIpc) is 3.13. The summed E-state index contributed by atoms with van der Waals surface area (Å²) in [6, 6.07) is 14.7. The zero-order chi connectivity index (χ0) is 17.6. The molecule has 0 bridgehead atoms. The van der Waals surface area contributed by atoms with Crippen molar-refractivity contribution >= 4 is 34.6 Å². The maximum Gasteiger partial charge on any atom is 0.266 e. The van der Waals surface area contributed by atoms with Crippen LogP contribution in [-0.4, -0.2) is 22.2 Å². The Morgan fingerprint density at radius 3 is 2.36 bits per heavy atom. The van der Waals surface area contributed by atoms with E-state index in [9.17, 15) is 4.79 Å². The van der Waals surface area contributed by atoms with Crippen molar-refractivity contribution in [1.82, 2.24) is 10.2 Å². The first-order valence-corrected chi connectivity index (χ1v) is 8.70. The molecule has 0 atom stereocenters. The van der Waals surface area contributed by atoms with Crippen LogP contribution in [0.1, 0.15) is 23.5 Å². The number of hydrogen-bond donors (Lipinski definition) is 2. The average molecular weight is 354 g/mol. The fourth-order valence-electron chi connectivity index (χ4n) is 2.09. The molecule has 3 aromatic rings. The van der Waals surface area contributed by atoms with Crippen molar-refractivity contribution in [1.29, 1.82) is 0 Å². The van der Waals surface area contributed by atoms with E-state index >= 15 is 0 Å². The lowest BCUT2D eigenvalue weighted by molar-refractivity contribution is 0.103. The summed E-state index contributed by atoms with van der Waals surface area (Å²) in [6.45, 7) is 3.97. The number of thiophene rings is 1. The Morgan fingerprint density at radius 1 is 1.04 bits per heavy atom. The second-order valence-electron chi connectivity index (χ2n) is 5.55. The van der Waals surface area contributed by atoms with Gasteiger partial charge in [0.25, 0.3) is 5.91 Å². The van der Waals surface area contributed by atoms with Gasteiger partial charge in [-0.25, -0.2) is 0 Å². The quantitative estimate of drug-likeness (QED) is 0.689. The van der Waals surface area contributed by atoms with Gasteiger partial charge in [-0.3, -0.25) is 4.79 Å². The van der Waals surface area contributed by atoms with Crippen molar-refractivity contribution in [3.05, 3.63) is 58.8 Å². The van der Waals surface area contributed by atoms with Crippen molar-refractivity contribution in [2.75, 3.05) is 10.6 Å². The molecule has 2 aromatic heterocycles. The highest BCUT2D eigenvalue weighted by Crippen LogP contribution is 2.20. The summed E-state index contributed by atoms with van der Waals surface area (Å²) < 4.78 is 5.61. The third-order valence-electron chi connectivity index (χ3n) is 3.15. The molecule has 0 unspecified atom stereocenters. The van der Waals surface area contributed by atoms with Crippen LogP contribution in [0.5, 0.6) is 5.75 Å². The minimum atomic E-state index is -0.189. The molecule has 2 heterocycles. The van der Waals surface area contributed by atoms with Gasteiger partial charge in [-0.2, -0.15) is 0 Å². The topological polar surface area (TPSA) is 76.1 Å². The van der Waals surface area contributed by atoms with E-state index < -0.39 is 0 Å². The van der Waals surface area contributed by atoms with Crippen molar-refractivity contribution in [2.24, 2.45) is 0 Å². The van der Waals surface area contributed by atoms with Crippen LogP contribution in [0.15, 0.2) is 53.9 Å². The van der Waals surface area contributed by atoms with Crippen LogP contribution >= 0.6 is 11.3 Å². The number of nitrogens with zero attached hydrogens (tertiary/aromatic N) is 2. The van der Waals surface area contributed by atoms with E-state index in [1.54, 1.807) is 18.2 Å². The minimum absolute atomic E-state index is 0.140. The largest absolute Gasteiger partial charge is 0.491 e. The van der Waals surface area contributed by atoms with Crippen LogP contribution in [0.2, 0.25) is 0 Å². The lowest BCUT2D eigenvalue weighted by atomic mass is 10.3. The van der Waals surface area contributed by atoms with E-state index in [2.05, 4.69) is 20.8 Å². The molecule has 7 heteroatoms. The Balaban J connectivity index is 1.59. The number of aromatic nitrogens is 2. The second kappa shape index (κ2) is 7.76. The Bertz CT molecular complexity index is 815. The fraction of sp³-hybridized carbons (Fsp3) is 0.167. The predicted molar refractivity (Wildman–Crippen MR) is 99.8 cm³/mol. The molecular weight excluding hydrogens is 336 g/mol. The standard InChI is InChI=1S/C18H18N4O2S/c1-12(2)24-14-7-5-13(6-8-14)19-16-9-10-17(22-21-16)20-18(23)15-4-3-11-25-15/h3-12H,1-2H3,(H,19,21)(H,20,22,23). The van der Waals surface area contributed by atoms with Crippen LogP contribution in [0.25, 0.3) is 0 Å². The van der Waals surface area contributed by atoms with E-state index in [0.717, 1.165) is 11.4 Å². The normalized spacial score (nSPS) is 10.5. The molecule has 6 nitrogen and oxygen atoms in total. The number of amides is 1. The first kappa shape index (κ1) is 16.9. The van der Waals surface area contributed by atoms with Crippen LogP contribution in [0.3, 0.4) is 0 Å². The summed E-state index contributed by atoms with van der Waals surface area (Å²) in [4.78, 5) is 12.6. The first-order chi connectivity index (χ1) is 12.1. The first-order valence-electron chi connectivity index (χ1n) is 7.82. The Morgan fingerprint density at radius 2 is 1.76 bits per heavy atom. The third kappa shape index (κ3) is 4.77. The summed E-state index contributed by atoms with van der Waals surface area (Å²) in [6.07, 6.45) is 0.140. The molecule has 128 valence electrons. The predicted octanol–water partition coefficient (Wildman–Crippen LogP) is 4.32. The molecular formula is C18H18N4O2S. The molecule has 0 saturated carbocycles. The third-order valence-corrected chi connectivity index (χ3v) is 4.02. The van der Waals surface area contributed by atoms with Crippen LogP contribution in [0.4, 0.5) is 17.3 Å².